The minimum Gasteiger partial charge on any atom is -0.245 e. The van der Waals surface area contributed by atoms with Gasteiger partial charge in [0.15, 0.2) is 0 Å². The second-order valence-electron chi connectivity index (χ2n) is 17.1. The van der Waals surface area contributed by atoms with Crippen LogP contribution in [0.15, 0.2) is 194 Å². The van der Waals surface area contributed by atoms with E-state index >= 15 is 0 Å². The standard InChI is InChI=1S/C60H32N2S4/c1-5-25-49-35(13-1)39-17-9-21-43(57(39)63-49)47-31-33-29-30-34-32-48(44-22-10-18-40-36-14-2-6-26-50(36)64-58(40)44)56(46-24-12-20-42-38-16-4-8-28-52(38)66-60(42)46)62-54(34)53(33)61-55(47)45-23-11-19-41-37-15-3-7-27-51(37)65-59(41)45/h1-32H. The highest BCUT2D eigenvalue weighted by atomic mass is 32.1. The van der Waals surface area contributed by atoms with Crippen molar-refractivity contribution in [3.8, 4) is 44.8 Å². The van der Waals surface area contributed by atoms with E-state index < -0.39 is 0 Å². The van der Waals surface area contributed by atoms with Crippen LogP contribution in [0.4, 0.5) is 0 Å². The molecule has 6 aromatic heterocycles. The van der Waals surface area contributed by atoms with Gasteiger partial charge in [-0.15, -0.1) is 45.3 Å². The van der Waals surface area contributed by atoms with E-state index in [1.807, 2.05) is 45.3 Å². The van der Waals surface area contributed by atoms with E-state index in [4.69, 9.17) is 9.97 Å². The van der Waals surface area contributed by atoms with E-state index in [2.05, 4.69) is 194 Å². The van der Waals surface area contributed by atoms with Crippen LogP contribution in [0.3, 0.4) is 0 Å². The maximum atomic E-state index is 5.90. The van der Waals surface area contributed by atoms with Gasteiger partial charge in [0.2, 0.25) is 0 Å². The Balaban J connectivity index is 1.07. The summed E-state index contributed by atoms with van der Waals surface area (Å²) in [6.45, 7) is 0. The topological polar surface area (TPSA) is 25.8 Å². The van der Waals surface area contributed by atoms with E-state index in [9.17, 15) is 0 Å². The van der Waals surface area contributed by atoms with Crippen LogP contribution >= 0.6 is 45.3 Å². The smallest absolute Gasteiger partial charge is 0.0972 e. The number of nitrogens with zero attached hydrogens (tertiary/aromatic N) is 2. The Morgan fingerprint density at radius 2 is 0.530 bits per heavy atom. The predicted octanol–water partition coefficient (Wildman–Crippen LogP) is 18.9. The van der Waals surface area contributed by atoms with Crippen LogP contribution in [0.5, 0.6) is 0 Å². The Hall–Kier alpha value is -7.32. The van der Waals surface area contributed by atoms with Crippen molar-refractivity contribution in [1.82, 2.24) is 9.97 Å². The molecule has 9 aromatic carbocycles. The molecule has 15 aromatic rings. The molecule has 15 rings (SSSR count). The third-order valence-electron chi connectivity index (χ3n) is 13.5. The molecule has 0 saturated heterocycles. The Bertz CT molecular complexity index is 4260. The first-order valence-electron chi connectivity index (χ1n) is 22.1. The van der Waals surface area contributed by atoms with Crippen molar-refractivity contribution >= 4 is 148 Å². The second kappa shape index (κ2) is 14.1. The highest BCUT2D eigenvalue weighted by Gasteiger charge is 2.24. The van der Waals surface area contributed by atoms with Crippen molar-refractivity contribution in [2.45, 2.75) is 0 Å². The Morgan fingerprint density at radius 3 is 0.879 bits per heavy atom. The first kappa shape index (κ1) is 37.0. The van der Waals surface area contributed by atoms with Gasteiger partial charge in [-0.3, -0.25) is 0 Å². The lowest BCUT2D eigenvalue weighted by molar-refractivity contribution is 1.38. The summed E-state index contributed by atoms with van der Waals surface area (Å²) in [7, 11) is 0. The van der Waals surface area contributed by atoms with Crippen LogP contribution in [0, 0.1) is 0 Å². The van der Waals surface area contributed by atoms with Gasteiger partial charge >= 0.3 is 0 Å². The molecule has 6 heteroatoms. The van der Waals surface area contributed by atoms with E-state index in [0.29, 0.717) is 0 Å². The van der Waals surface area contributed by atoms with E-state index in [1.54, 1.807) is 0 Å². The van der Waals surface area contributed by atoms with Crippen molar-refractivity contribution in [3.05, 3.63) is 194 Å². The summed E-state index contributed by atoms with van der Waals surface area (Å²) in [5.41, 5.74) is 10.7. The Morgan fingerprint density at radius 1 is 0.242 bits per heavy atom. The SMILES string of the molecule is c1ccc2c(c1)sc1c(-c3cc4ccc5cc(-c6cccc7c6sc6ccccc67)c(-c6cccc7c6sc6ccccc67)nc5c4nc3-c3cccc4c3sc3ccccc34)cccc12. The number of aromatic nitrogens is 2. The van der Waals surface area contributed by atoms with E-state index in [0.717, 1.165) is 55.4 Å². The third-order valence-corrected chi connectivity index (χ3v) is 18.4. The van der Waals surface area contributed by atoms with Gasteiger partial charge in [-0.25, -0.2) is 9.97 Å². The monoisotopic (exact) mass is 908 g/mol. The largest absolute Gasteiger partial charge is 0.245 e. The summed E-state index contributed by atoms with van der Waals surface area (Å²) >= 11 is 7.45. The minimum atomic E-state index is 0.907. The van der Waals surface area contributed by atoms with Gasteiger partial charge in [-0.2, -0.15) is 0 Å². The molecule has 0 fully saturated rings. The summed E-state index contributed by atoms with van der Waals surface area (Å²) in [5, 5.41) is 12.4. The molecule has 0 unspecified atom stereocenters. The molecule has 2 nitrogen and oxygen atoms in total. The summed E-state index contributed by atoms with van der Waals surface area (Å²) in [4.78, 5) is 11.8. The van der Waals surface area contributed by atoms with Gasteiger partial charge in [-0.1, -0.05) is 158 Å². The third kappa shape index (κ3) is 5.32. The Kier molecular flexibility index (Phi) is 7.89. The fourth-order valence-electron chi connectivity index (χ4n) is 10.5. The number of hydrogen-bond donors (Lipinski definition) is 0. The molecule has 0 bridgehead atoms. The zero-order valence-electron chi connectivity index (χ0n) is 35.0. The van der Waals surface area contributed by atoms with Gasteiger partial charge in [0.05, 0.1) is 22.4 Å². The average Bonchev–Trinajstić information content (AvgIpc) is 4.16. The molecular weight excluding hydrogens is 877 g/mol. The molecule has 0 aliphatic heterocycles. The maximum Gasteiger partial charge on any atom is 0.0972 e. The van der Waals surface area contributed by atoms with E-state index in [1.165, 1.54) is 91.8 Å². The summed E-state index contributed by atoms with van der Waals surface area (Å²) < 4.78 is 10.2. The highest BCUT2D eigenvalue weighted by Crippen LogP contribution is 2.49. The molecule has 0 aliphatic carbocycles. The zero-order chi connectivity index (χ0) is 43.0. The summed E-state index contributed by atoms with van der Waals surface area (Å²) in [5.74, 6) is 0. The molecule has 0 spiro atoms. The van der Waals surface area contributed by atoms with Crippen molar-refractivity contribution < 1.29 is 0 Å². The lowest BCUT2D eigenvalue weighted by Gasteiger charge is -2.16. The minimum absolute atomic E-state index is 0.907. The molecule has 6 heterocycles. The van der Waals surface area contributed by atoms with Gasteiger partial charge in [-0.05, 0) is 36.4 Å². The van der Waals surface area contributed by atoms with Crippen molar-refractivity contribution in [3.63, 3.8) is 0 Å². The molecule has 0 radical (unpaired) electrons. The predicted molar refractivity (Wildman–Crippen MR) is 290 cm³/mol. The lowest BCUT2D eigenvalue weighted by Crippen LogP contribution is -1.96. The van der Waals surface area contributed by atoms with Gasteiger partial charge in [0.25, 0.3) is 0 Å². The van der Waals surface area contributed by atoms with Crippen molar-refractivity contribution in [2.24, 2.45) is 0 Å². The van der Waals surface area contributed by atoms with Gasteiger partial charge in [0.1, 0.15) is 0 Å². The average molecular weight is 909 g/mol. The van der Waals surface area contributed by atoms with Crippen LogP contribution in [-0.4, -0.2) is 9.97 Å². The summed E-state index contributed by atoms with van der Waals surface area (Å²) in [6.07, 6.45) is 0. The lowest BCUT2D eigenvalue weighted by atomic mass is 9.93. The molecule has 0 amide bonds. The number of pyridine rings is 2. The van der Waals surface area contributed by atoms with Crippen LogP contribution in [-0.2, 0) is 0 Å². The first-order valence-corrected chi connectivity index (χ1v) is 25.4. The second-order valence-corrected chi connectivity index (χ2v) is 21.3. The number of rotatable bonds is 4. The van der Waals surface area contributed by atoms with Crippen LogP contribution in [0.25, 0.3) is 147 Å². The molecule has 306 valence electrons. The molecule has 0 atom stereocenters. The van der Waals surface area contributed by atoms with Crippen LogP contribution in [0.1, 0.15) is 0 Å². The summed E-state index contributed by atoms with van der Waals surface area (Å²) in [6, 6.07) is 71.5. The molecular formula is C60H32N2S4. The van der Waals surface area contributed by atoms with Crippen LogP contribution < -0.4 is 0 Å². The first-order chi connectivity index (χ1) is 32.7. The molecule has 66 heavy (non-hydrogen) atoms. The molecule has 0 aliphatic rings. The van der Waals surface area contributed by atoms with Crippen LogP contribution in [0.2, 0.25) is 0 Å². The Labute approximate surface area is 393 Å². The highest BCUT2D eigenvalue weighted by molar-refractivity contribution is 7.27. The number of thiophene rings is 4. The normalized spacial score (nSPS) is 12.2. The maximum absolute atomic E-state index is 5.90. The number of hydrogen-bond acceptors (Lipinski definition) is 6. The number of benzene rings is 9. The quantitative estimate of drug-likeness (QED) is 0.164. The zero-order valence-corrected chi connectivity index (χ0v) is 38.3. The molecule has 0 saturated carbocycles. The number of fused-ring (bicyclic) bond motifs is 15. The van der Waals surface area contributed by atoms with Crippen molar-refractivity contribution in [2.75, 3.05) is 0 Å². The fraction of sp³-hybridized carbons (Fsp3) is 0. The molecule has 0 N–H and O–H groups in total. The fourth-order valence-corrected chi connectivity index (χ4v) is 15.4. The van der Waals surface area contributed by atoms with Gasteiger partial charge < -0.3 is 0 Å². The van der Waals surface area contributed by atoms with Crippen molar-refractivity contribution in [1.29, 1.82) is 0 Å². The van der Waals surface area contributed by atoms with E-state index in [-0.39, 0.29) is 0 Å². The van der Waals surface area contributed by atoms with Gasteiger partial charge in [0, 0.05) is 125 Å².